The summed E-state index contributed by atoms with van der Waals surface area (Å²) >= 11 is 0. The zero-order valence-electron chi connectivity index (χ0n) is 22.5. The van der Waals surface area contributed by atoms with Gasteiger partial charge < -0.3 is 24.8 Å². The van der Waals surface area contributed by atoms with Crippen LogP contribution in [0.15, 0.2) is 36.7 Å². The summed E-state index contributed by atoms with van der Waals surface area (Å²) < 4.78 is 5.95. The van der Waals surface area contributed by atoms with Gasteiger partial charge in [-0.3, -0.25) is 9.78 Å². The molecule has 37 heavy (non-hydrogen) atoms. The maximum Gasteiger partial charge on any atom is 0.213 e. The van der Waals surface area contributed by atoms with Crippen LogP contribution in [0.5, 0.6) is 5.88 Å². The molecule has 0 unspecified atom stereocenters. The number of nitrogens with one attached hydrogen (secondary N) is 1. The van der Waals surface area contributed by atoms with Crippen LogP contribution >= 0.6 is 0 Å². The first-order valence-electron chi connectivity index (χ1n) is 13.3. The van der Waals surface area contributed by atoms with Crippen LogP contribution in [0.4, 0.5) is 17.1 Å². The molecule has 2 aliphatic heterocycles. The smallest absolute Gasteiger partial charge is 0.213 e. The van der Waals surface area contributed by atoms with E-state index < -0.39 is 0 Å². The van der Waals surface area contributed by atoms with Gasteiger partial charge in [0.1, 0.15) is 0 Å². The van der Waals surface area contributed by atoms with Crippen molar-refractivity contribution in [2.24, 2.45) is 0 Å². The maximum absolute atomic E-state index is 11.7. The van der Waals surface area contributed by atoms with Crippen LogP contribution in [0, 0.1) is 0 Å². The number of ether oxygens (including phenoxy) is 1. The summed E-state index contributed by atoms with van der Waals surface area (Å²) in [5.41, 5.74) is 5.54. The minimum Gasteiger partial charge on any atom is -0.478 e. The summed E-state index contributed by atoms with van der Waals surface area (Å²) in [4.78, 5) is 27.4. The van der Waals surface area contributed by atoms with Crippen molar-refractivity contribution in [3.8, 4) is 17.0 Å². The number of rotatable bonds is 8. The van der Waals surface area contributed by atoms with Gasteiger partial charge >= 0.3 is 0 Å². The Kier molecular flexibility index (Phi) is 7.20. The normalized spacial score (nSPS) is 17.2. The minimum absolute atomic E-state index is 0.187. The third-order valence-corrected chi connectivity index (χ3v) is 7.83. The quantitative estimate of drug-likeness (QED) is 0.351. The number of anilines is 3. The molecule has 1 amide bonds. The Morgan fingerprint density at radius 3 is 2.65 bits per heavy atom. The summed E-state index contributed by atoms with van der Waals surface area (Å²) in [5.74, 6) is 0.653. The van der Waals surface area contributed by atoms with Gasteiger partial charge in [-0.25, -0.2) is 4.98 Å². The lowest BCUT2D eigenvalue weighted by Gasteiger charge is -2.37. The van der Waals surface area contributed by atoms with Gasteiger partial charge in [-0.2, -0.15) is 0 Å². The van der Waals surface area contributed by atoms with E-state index in [0.717, 1.165) is 65.0 Å². The number of hydrogen-bond acceptors (Lipinski definition) is 7. The topological polar surface area (TPSA) is 73.8 Å². The summed E-state index contributed by atoms with van der Waals surface area (Å²) in [5, 5.41) is 4.71. The van der Waals surface area contributed by atoms with E-state index in [2.05, 4.69) is 53.1 Å². The van der Waals surface area contributed by atoms with Gasteiger partial charge in [-0.05, 0) is 58.3 Å². The van der Waals surface area contributed by atoms with Crippen molar-refractivity contribution in [2.75, 3.05) is 62.0 Å². The third kappa shape index (κ3) is 5.07. The number of likely N-dealkylation sites (N-methyl/N-ethyl adjacent to an activating group) is 1. The number of carbonyl (C=O) groups excluding carboxylic acids is 1. The summed E-state index contributed by atoms with van der Waals surface area (Å²) in [7, 11) is 3.85. The van der Waals surface area contributed by atoms with E-state index >= 15 is 0 Å². The maximum atomic E-state index is 11.7. The van der Waals surface area contributed by atoms with Gasteiger partial charge in [0, 0.05) is 56.0 Å². The molecule has 0 atom stereocenters. The second-order valence-electron chi connectivity index (χ2n) is 10.8. The van der Waals surface area contributed by atoms with E-state index in [9.17, 15) is 4.79 Å². The van der Waals surface area contributed by atoms with Crippen molar-refractivity contribution in [3.05, 3.63) is 36.7 Å². The molecule has 0 radical (unpaired) electrons. The third-order valence-electron chi connectivity index (χ3n) is 7.83. The molecule has 8 heteroatoms. The molecule has 8 nitrogen and oxygen atoms in total. The highest BCUT2D eigenvalue weighted by Crippen LogP contribution is 2.46. The zero-order valence-corrected chi connectivity index (χ0v) is 22.5. The number of pyridine rings is 2. The van der Waals surface area contributed by atoms with Crippen molar-refractivity contribution in [1.29, 1.82) is 0 Å². The standard InChI is InChI=1S/C29H38N6O2/c1-29(2)19-32-27-22(10-11-23-26(27)28(34(29)4)24(18-30-23)33(3)20-36)21-9-12-25(31-17-21)37-16-8-15-35-13-6-5-7-14-35/h9-12,17-18,20,32H,5-8,13-16,19H2,1-4H3. The van der Waals surface area contributed by atoms with Crippen molar-refractivity contribution in [1.82, 2.24) is 14.9 Å². The SMILES string of the molecule is CN(C=O)c1cnc2ccc(-c3ccc(OCCCN4CCCCC4)nc3)c3c2c1N(C)C(C)(C)CN3. The van der Waals surface area contributed by atoms with Crippen molar-refractivity contribution < 1.29 is 9.53 Å². The second kappa shape index (κ2) is 10.5. The number of carbonyl (C=O) groups is 1. The molecule has 0 aliphatic carbocycles. The predicted octanol–water partition coefficient (Wildman–Crippen LogP) is 4.78. The lowest BCUT2D eigenvalue weighted by molar-refractivity contribution is -0.107. The Morgan fingerprint density at radius 2 is 1.92 bits per heavy atom. The highest BCUT2D eigenvalue weighted by molar-refractivity contribution is 6.12. The number of piperidine rings is 1. The fourth-order valence-electron chi connectivity index (χ4n) is 5.34. The molecule has 3 aromatic rings. The predicted molar refractivity (Wildman–Crippen MR) is 151 cm³/mol. The first-order chi connectivity index (χ1) is 17.9. The van der Waals surface area contributed by atoms with E-state index in [1.807, 2.05) is 18.3 Å². The number of hydrogen-bond donors (Lipinski definition) is 1. The van der Waals surface area contributed by atoms with Crippen LogP contribution in [0.2, 0.25) is 0 Å². The van der Waals surface area contributed by atoms with Gasteiger partial charge in [0.05, 0.1) is 40.9 Å². The molecule has 0 spiro atoms. The first-order valence-corrected chi connectivity index (χ1v) is 13.3. The molecule has 1 saturated heterocycles. The summed E-state index contributed by atoms with van der Waals surface area (Å²) in [6.45, 7) is 9.32. The molecule has 5 rings (SSSR count). The second-order valence-corrected chi connectivity index (χ2v) is 10.8. The van der Waals surface area contributed by atoms with Crippen molar-refractivity contribution in [2.45, 2.75) is 45.1 Å². The molecule has 1 fully saturated rings. The van der Waals surface area contributed by atoms with E-state index in [4.69, 9.17) is 9.72 Å². The monoisotopic (exact) mass is 502 g/mol. The van der Waals surface area contributed by atoms with Crippen molar-refractivity contribution >= 4 is 34.4 Å². The Labute approximate surface area is 219 Å². The van der Waals surface area contributed by atoms with Crippen LogP contribution in [0.1, 0.15) is 39.5 Å². The Morgan fingerprint density at radius 1 is 1.11 bits per heavy atom. The molecule has 1 aromatic carbocycles. The van der Waals surface area contributed by atoms with Crippen LogP contribution in [0.3, 0.4) is 0 Å². The highest BCUT2D eigenvalue weighted by atomic mass is 16.5. The summed E-state index contributed by atoms with van der Waals surface area (Å²) in [6, 6.07) is 8.16. The van der Waals surface area contributed by atoms with Crippen LogP contribution in [0.25, 0.3) is 22.0 Å². The number of amides is 1. The molecule has 196 valence electrons. The Bertz CT molecular complexity index is 1250. The van der Waals surface area contributed by atoms with E-state index in [1.54, 1.807) is 18.1 Å². The Balaban J connectivity index is 1.42. The molecule has 0 bridgehead atoms. The molecular weight excluding hydrogens is 464 g/mol. The molecular formula is C29H38N6O2. The fourth-order valence-corrected chi connectivity index (χ4v) is 5.34. The van der Waals surface area contributed by atoms with Crippen LogP contribution in [-0.4, -0.2) is 73.7 Å². The molecule has 4 heterocycles. The molecule has 0 saturated carbocycles. The molecule has 1 N–H and O–H groups in total. The van der Waals surface area contributed by atoms with Gasteiger partial charge in [-0.1, -0.05) is 12.5 Å². The van der Waals surface area contributed by atoms with Gasteiger partial charge in [0.15, 0.2) is 0 Å². The van der Waals surface area contributed by atoms with Gasteiger partial charge in [0.25, 0.3) is 0 Å². The largest absolute Gasteiger partial charge is 0.478 e. The number of likely N-dealkylation sites (tertiary alicyclic amines) is 1. The first kappa shape index (κ1) is 25.3. The number of nitrogens with zero attached hydrogens (tertiary/aromatic N) is 5. The van der Waals surface area contributed by atoms with Crippen LogP contribution < -0.4 is 19.9 Å². The number of benzene rings is 1. The van der Waals surface area contributed by atoms with E-state index in [0.29, 0.717) is 12.5 Å². The van der Waals surface area contributed by atoms with Gasteiger partial charge in [-0.15, -0.1) is 0 Å². The highest BCUT2D eigenvalue weighted by Gasteiger charge is 2.33. The van der Waals surface area contributed by atoms with E-state index in [1.165, 1.54) is 32.4 Å². The number of aromatic nitrogens is 2. The lowest BCUT2D eigenvalue weighted by Crippen LogP contribution is -2.46. The van der Waals surface area contributed by atoms with Crippen LogP contribution in [-0.2, 0) is 4.79 Å². The van der Waals surface area contributed by atoms with Gasteiger partial charge in [0.2, 0.25) is 12.3 Å². The zero-order chi connectivity index (χ0) is 26.0. The lowest BCUT2D eigenvalue weighted by atomic mass is 9.99. The molecule has 2 aliphatic rings. The van der Waals surface area contributed by atoms with E-state index in [-0.39, 0.29) is 5.54 Å². The fraction of sp³-hybridized carbons (Fsp3) is 0.483. The molecule has 2 aromatic heterocycles. The average molecular weight is 503 g/mol. The van der Waals surface area contributed by atoms with Crippen molar-refractivity contribution in [3.63, 3.8) is 0 Å². The summed E-state index contributed by atoms with van der Waals surface area (Å²) in [6.07, 6.45) is 9.50. The Hall–Kier alpha value is -3.39. The minimum atomic E-state index is -0.187. The average Bonchev–Trinajstić information content (AvgIpc) is 3.03.